The predicted molar refractivity (Wildman–Crippen MR) is 127 cm³/mol. The summed E-state index contributed by atoms with van der Waals surface area (Å²) in [6, 6.07) is 21.2. The number of aryl methyl sites for hydroxylation is 2. The van der Waals surface area contributed by atoms with Gasteiger partial charge in [-0.2, -0.15) is 5.10 Å². The van der Waals surface area contributed by atoms with Crippen LogP contribution in [0.25, 0.3) is 0 Å². The van der Waals surface area contributed by atoms with Gasteiger partial charge < -0.3 is 10.4 Å². The Kier molecular flexibility index (Phi) is 5.75. The van der Waals surface area contributed by atoms with Crippen LogP contribution < -0.4 is 5.32 Å². The van der Waals surface area contributed by atoms with Gasteiger partial charge in [0.2, 0.25) is 0 Å². The zero-order chi connectivity index (χ0) is 21.3. The zero-order valence-corrected chi connectivity index (χ0v) is 18.3. The van der Waals surface area contributed by atoms with Gasteiger partial charge in [-0.1, -0.05) is 48.0 Å². The topological polar surface area (TPSA) is 47.9 Å². The molecule has 0 radical (unpaired) electrons. The lowest BCUT2D eigenvalue weighted by Crippen LogP contribution is -2.31. The van der Waals surface area contributed by atoms with E-state index in [0.29, 0.717) is 16.6 Å². The Labute approximate surface area is 186 Å². The van der Waals surface area contributed by atoms with E-state index in [9.17, 15) is 5.11 Å². The average molecular weight is 436 g/mol. The van der Waals surface area contributed by atoms with Crippen LogP contribution in [0.4, 0.5) is 5.69 Å². The fourth-order valence-corrected chi connectivity index (χ4v) is 4.12. The molecule has 6 heteroatoms. The first-order chi connectivity index (χ1) is 14.4. The SMILES string of the molecule is Cc1cc(C2=NN(C(=S)Nc3ccccc3C)C(c3ccccc3Cl)C2)ccc1O. The van der Waals surface area contributed by atoms with E-state index in [1.807, 2.05) is 79.5 Å². The summed E-state index contributed by atoms with van der Waals surface area (Å²) >= 11 is 12.3. The van der Waals surface area contributed by atoms with Crippen LogP contribution in [-0.4, -0.2) is 20.9 Å². The number of nitrogens with one attached hydrogen (secondary N) is 1. The van der Waals surface area contributed by atoms with E-state index < -0.39 is 0 Å². The number of aromatic hydroxyl groups is 1. The molecule has 30 heavy (non-hydrogen) atoms. The van der Waals surface area contributed by atoms with Gasteiger partial charge in [0.25, 0.3) is 0 Å². The van der Waals surface area contributed by atoms with E-state index in [2.05, 4.69) is 5.32 Å². The molecule has 1 atom stereocenters. The molecule has 3 aromatic rings. The highest BCUT2D eigenvalue weighted by atomic mass is 35.5. The number of anilines is 1. The Morgan fingerprint density at radius 1 is 1.07 bits per heavy atom. The molecule has 0 aliphatic carbocycles. The molecule has 0 fully saturated rings. The number of hydrogen-bond acceptors (Lipinski definition) is 3. The van der Waals surface area contributed by atoms with Gasteiger partial charge >= 0.3 is 0 Å². The zero-order valence-electron chi connectivity index (χ0n) is 16.8. The molecule has 1 aliphatic heterocycles. The van der Waals surface area contributed by atoms with Crippen LogP contribution in [0.15, 0.2) is 71.8 Å². The quantitative estimate of drug-likeness (QED) is 0.480. The molecule has 0 saturated carbocycles. The normalized spacial score (nSPS) is 15.8. The monoisotopic (exact) mass is 435 g/mol. The molecule has 1 unspecified atom stereocenters. The minimum absolute atomic E-state index is 0.119. The van der Waals surface area contributed by atoms with Gasteiger partial charge in [-0.15, -0.1) is 0 Å². The average Bonchev–Trinajstić information content (AvgIpc) is 3.17. The number of nitrogens with zero attached hydrogens (tertiary/aromatic N) is 2. The van der Waals surface area contributed by atoms with Gasteiger partial charge in [0.05, 0.1) is 11.8 Å². The molecule has 3 aromatic carbocycles. The van der Waals surface area contributed by atoms with Gasteiger partial charge in [0.15, 0.2) is 5.11 Å². The number of benzene rings is 3. The molecule has 0 saturated heterocycles. The Bertz CT molecular complexity index is 1140. The summed E-state index contributed by atoms with van der Waals surface area (Å²) in [6.07, 6.45) is 0.656. The lowest BCUT2D eigenvalue weighted by Gasteiger charge is -2.26. The van der Waals surface area contributed by atoms with Gasteiger partial charge in [-0.05, 0) is 78.7 Å². The second kappa shape index (κ2) is 8.46. The lowest BCUT2D eigenvalue weighted by atomic mass is 9.97. The standard InChI is InChI=1S/C24H22ClN3OS/c1-15-7-3-6-10-20(15)26-24(30)28-22(18-8-4-5-9-19(18)25)14-21(27-28)17-11-12-23(29)16(2)13-17/h3-13,22,29H,14H2,1-2H3,(H,26,30). The highest BCUT2D eigenvalue weighted by Crippen LogP contribution is 2.37. The third-order valence-corrected chi connectivity index (χ3v) is 5.93. The molecule has 152 valence electrons. The highest BCUT2D eigenvalue weighted by molar-refractivity contribution is 7.80. The minimum Gasteiger partial charge on any atom is -0.508 e. The second-order valence-corrected chi connectivity index (χ2v) is 8.17. The van der Waals surface area contributed by atoms with Crippen molar-refractivity contribution in [2.75, 3.05) is 5.32 Å². The van der Waals surface area contributed by atoms with Crippen molar-refractivity contribution in [3.8, 4) is 5.75 Å². The Morgan fingerprint density at radius 2 is 1.80 bits per heavy atom. The van der Waals surface area contributed by atoms with Crippen molar-refractivity contribution in [2.24, 2.45) is 5.10 Å². The number of phenols is 1. The van der Waals surface area contributed by atoms with Crippen molar-refractivity contribution in [1.29, 1.82) is 0 Å². The number of para-hydroxylation sites is 1. The summed E-state index contributed by atoms with van der Waals surface area (Å²) in [7, 11) is 0. The largest absolute Gasteiger partial charge is 0.508 e. The maximum absolute atomic E-state index is 9.88. The Balaban J connectivity index is 1.71. The molecular formula is C24H22ClN3OS. The Morgan fingerprint density at radius 3 is 2.53 bits per heavy atom. The van der Waals surface area contributed by atoms with E-state index in [-0.39, 0.29) is 11.8 Å². The van der Waals surface area contributed by atoms with Gasteiger partial charge in [-0.3, -0.25) is 0 Å². The fourth-order valence-electron chi connectivity index (χ4n) is 3.58. The number of hydrazone groups is 1. The third kappa shape index (κ3) is 4.04. The molecule has 0 amide bonds. The molecule has 2 N–H and O–H groups in total. The first-order valence-electron chi connectivity index (χ1n) is 9.72. The lowest BCUT2D eigenvalue weighted by molar-refractivity contribution is 0.375. The van der Waals surface area contributed by atoms with E-state index in [1.54, 1.807) is 6.07 Å². The van der Waals surface area contributed by atoms with Crippen LogP contribution in [0.5, 0.6) is 5.75 Å². The molecule has 1 heterocycles. The van der Waals surface area contributed by atoms with E-state index in [1.165, 1.54) is 0 Å². The third-order valence-electron chi connectivity index (χ3n) is 5.30. The first-order valence-corrected chi connectivity index (χ1v) is 10.5. The summed E-state index contributed by atoms with van der Waals surface area (Å²) < 4.78 is 0. The molecule has 0 bridgehead atoms. The summed E-state index contributed by atoms with van der Waals surface area (Å²) in [6.45, 7) is 3.91. The van der Waals surface area contributed by atoms with Crippen molar-refractivity contribution >= 4 is 40.3 Å². The number of halogens is 1. The van der Waals surface area contributed by atoms with Gasteiger partial charge in [-0.25, -0.2) is 5.01 Å². The van der Waals surface area contributed by atoms with Crippen LogP contribution in [-0.2, 0) is 0 Å². The van der Waals surface area contributed by atoms with E-state index in [4.69, 9.17) is 28.9 Å². The van der Waals surface area contributed by atoms with Crippen LogP contribution in [0.3, 0.4) is 0 Å². The fraction of sp³-hybridized carbons (Fsp3) is 0.167. The van der Waals surface area contributed by atoms with Gasteiger partial charge in [0, 0.05) is 17.1 Å². The number of rotatable bonds is 3. The number of hydrogen-bond donors (Lipinski definition) is 2. The Hall–Kier alpha value is -2.89. The van der Waals surface area contributed by atoms with Crippen molar-refractivity contribution < 1.29 is 5.11 Å². The van der Waals surface area contributed by atoms with E-state index in [0.717, 1.165) is 33.7 Å². The maximum Gasteiger partial charge on any atom is 0.194 e. The predicted octanol–water partition coefficient (Wildman–Crippen LogP) is 6.21. The van der Waals surface area contributed by atoms with Crippen LogP contribution in [0.2, 0.25) is 5.02 Å². The summed E-state index contributed by atoms with van der Waals surface area (Å²) in [5.41, 5.74) is 5.70. The molecule has 1 aliphatic rings. The van der Waals surface area contributed by atoms with Crippen LogP contribution in [0.1, 0.15) is 34.7 Å². The first kappa shape index (κ1) is 20.4. The maximum atomic E-state index is 9.88. The summed E-state index contributed by atoms with van der Waals surface area (Å²) in [4.78, 5) is 0. The summed E-state index contributed by atoms with van der Waals surface area (Å²) in [5.74, 6) is 0.272. The van der Waals surface area contributed by atoms with Gasteiger partial charge in [0.1, 0.15) is 5.75 Å². The molecular weight excluding hydrogens is 414 g/mol. The van der Waals surface area contributed by atoms with Crippen molar-refractivity contribution in [3.63, 3.8) is 0 Å². The molecule has 0 aromatic heterocycles. The number of thiocarbonyl (C=S) groups is 1. The second-order valence-electron chi connectivity index (χ2n) is 7.38. The highest BCUT2D eigenvalue weighted by Gasteiger charge is 2.33. The minimum atomic E-state index is -0.119. The van der Waals surface area contributed by atoms with Crippen LogP contribution >= 0.6 is 23.8 Å². The smallest absolute Gasteiger partial charge is 0.194 e. The molecule has 0 spiro atoms. The van der Waals surface area contributed by atoms with Crippen molar-refractivity contribution in [3.05, 3.63) is 94.0 Å². The molecule has 4 nitrogen and oxygen atoms in total. The summed E-state index contributed by atoms with van der Waals surface area (Å²) in [5, 5.41) is 21.1. The van der Waals surface area contributed by atoms with E-state index >= 15 is 0 Å². The van der Waals surface area contributed by atoms with Crippen LogP contribution in [0, 0.1) is 13.8 Å². The number of phenolic OH excluding ortho intramolecular Hbond substituents is 1. The van der Waals surface area contributed by atoms with Crippen molar-refractivity contribution in [1.82, 2.24) is 5.01 Å². The van der Waals surface area contributed by atoms with Crippen molar-refractivity contribution in [2.45, 2.75) is 26.3 Å². The molecule has 4 rings (SSSR count).